The van der Waals surface area contributed by atoms with Crippen LogP contribution in [0.25, 0.3) is 0 Å². The van der Waals surface area contributed by atoms with Crippen LogP contribution in [0.1, 0.15) is 18.1 Å². The van der Waals surface area contributed by atoms with Crippen molar-refractivity contribution in [1.29, 1.82) is 0 Å². The molecule has 30 heavy (non-hydrogen) atoms. The molecule has 0 spiro atoms. The van der Waals surface area contributed by atoms with Gasteiger partial charge in [-0.05, 0) is 54.4 Å². The lowest BCUT2D eigenvalue weighted by molar-refractivity contribution is -0.152. The highest BCUT2D eigenvalue weighted by atomic mass is 19.1. The second kappa shape index (κ2) is 10.2. The van der Waals surface area contributed by atoms with Crippen LogP contribution in [0.4, 0.5) is 10.1 Å². The average molecular weight is 407 g/mol. The lowest BCUT2D eigenvalue weighted by Crippen LogP contribution is -2.30. The van der Waals surface area contributed by atoms with Crippen LogP contribution in [0.2, 0.25) is 0 Å². The van der Waals surface area contributed by atoms with Gasteiger partial charge in [0, 0.05) is 5.69 Å². The van der Waals surface area contributed by atoms with Crippen molar-refractivity contribution in [2.24, 2.45) is 0 Å². The van der Waals surface area contributed by atoms with Crippen molar-refractivity contribution in [2.75, 3.05) is 5.32 Å². The van der Waals surface area contributed by atoms with Crippen LogP contribution in [0.3, 0.4) is 0 Å². The number of benzene rings is 3. The molecular formula is C24H22FNO4. The summed E-state index contributed by atoms with van der Waals surface area (Å²) in [6.45, 7) is 1.95. The fourth-order valence-electron chi connectivity index (χ4n) is 2.68. The van der Waals surface area contributed by atoms with E-state index in [0.29, 0.717) is 23.6 Å². The second-order valence-corrected chi connectivity index (χ2v) is 6.72. The van der Waals surface area contributed by atoms with Crippen molar-refractivity contribution in [3.05, 3.63) is 95.8 Å². The van der Waals surface area contributed by atoms with Crippen molar-refractivity contribution in [2.45, 2.75) is 26.1 Å². The molecule has 154 valence electrons. The zero-order chi connectivity index (χ0) is 21.3. The van der Waals surface area contributed by atoms with E-state index in [1.54, 1.807) is 24.3 Å². The number of carbonyl (C=O) groups excluding carboxylic acids is 2. The molecular weight excluding hydrogens is 385 g/mol. The van der Waals surface area contributed by atoms with Gasteiger partial charge in [-0.1, -0.05) is 42.5 Å². The molecule has 0 fully saturated rings. The maximum atomic E-state index is 12.9. The summed E-state index contributed by atoms with van der Waals surface area (Å²) in [4.78, 5) is 24.3. The SMILES string of the molecule is CC(OC(=O)Cc1ccc(F)cc1)C(=O)Nc1ccc(OCc2ccccc2)cc1. The summed E-state index contributed by atoms with van der Waals surface area (Å²) in [7, 11) is 0. The number of halogens is 1. The summed E-state index contributed by atoms with van der Waals surface area (Å²) in [6, 6.07) is 22.3. The molecule has 3 aromatic carbocycles. The molecule has 3 aromatic rings. The molecule has 0 aliphatic heterocycles. The maximum Gasteiger partial charge on any atom is 0.311 e. The van der Waals surface area contributed by atoms with Crippen LogP contribution >= 0.6 is 0 Å². The van der Waals surface area contributed by atoms with Crippen LogP contribution in [0.15, 0.2) is 78.9 Å². The molecule has 0 aliphatic carbocycles. The van der Waals surface area contributed by atoms with Gasteiger partial charge in [0.15, 0.2) is 6.10 Å². The molecule has 0 radical (unpaired) electrons. The topological polar surface area (TPSA) is 64.6 Å². The number of hydrogen-bond donors (Lipinski definition) is 1. The first kappa shape index (κ1) is 21.0. The maximum absolute atomic E-state index is 12.9. The minimum atomic E-state index is -0.966. The van der Waals surface area contributed by atoms with Gasteiger partial charge in [-0.15, -0.1) is 0 Å². The Labute approximate surface area is 174 Å². The molecule has 1 atom stereocenters. The summed E-state index contributed by atoms with van der Waals surface area (Å²) in [6.07, 6.45) is -1.00. The van der Waals surface area contributed by atoms with Crippen molar-refractivity contribution in [1.82, 2.24) is 0 Å². The van der Waals surface area contributed by atoms with Crippen LogP contribution in [-0.4, -0.2) is 18.0 Å². The third-order valence-corrected chi connectivity index (χ3v) is 4.31. The Hall–Kier alpha value is -3.67. The summed E-state index contributed by atoms with van der Waals surface area (Å²) in [5.41, 5.74) is 2.24. The Morgan fingerprint density at radius 3 is 2.23 bits per heavy atom. The van der Waals surface area contributed by atoms with Crippen molar-refractivity contribution in [3.63, 3.8) is 0 Å². The van der Waals surface area contributed by atoms with Crippen molar-refractivity contribution < 1.29 is 23.5 Å². The van der Waals surface area contributed by atoms with Gasteiger partial charge in [0.1, 0.15) is 18.2 Å². The number of amides is 1. The first-order valence-electron chi connectivity index (χ1n) is 9.51. The Morgan fingerprint density at radius 2 is 1.57 bits per heavy atom. The number of nitrogens with one attached hydrogen (secondary N) is 1. The quantitative estimate of drug-likeness (QED) is 0.558. The smallest absolute Gasteiger partial charge is 0.311 e. The van der Waals surface area contributed by atoms with Gasteiger partial charge in [0.05, 0.1) is 6.42 Å². The van der Waals surface area contributed by atoms with Gasteiger partial charge < -0.3 is 14.8 Å². The van der Waals surface area contributed by atoms with E-state index in [2.05, 4.69) is 5.32 Å². The van der Waals surface area contributed by atoms with Gasteiger partial charge >= 0.3 is 5.97 Å². The normalized spacial score (nSPS) is 11.4. The molecule has 1 amide bonds. The molecule has 0 bridgehead atoms. The van der Waals surface area contributed by atoms with E-state index in [9.17, 15) is 14.0 Å². The van der Waals surface area contributed by atoms with Gasteiger partial charge in [-0.2, -0.15) is 0 Å². The standard InChI is InChI=1S/C24H22FNO4/c1-17(30-23(27)15-18-7-9-20(25)10-8-18)24(28)26-21-11-13-22(14-12-21)29-16-19-5-3-2-4-6-19/h2-14,17H,15-16H2,1H3,(H,26,28). The molecule has 0 aromatic heterocycles. The van der Waals surface area contributed by atoms with E-state index in [4.69, 9.17) is 9.47 Å². The summed E-state index contributed by atoms with van der Waals surface area (Å²) >= 11 is 0. The lowest BCUT2D eigenvalue weighted by atomic mass is 10.1. The molecule has 0 heterocycles. The van der Waals surface area contributed by atoms with E-state index in [1.165, 1.54) is 31.2 Å². The van der Waals surface area contributed by atoms with E-state index < -0.39 is 18.0 Å². The summed E-state index contributed by atoms with van der Waals surface area (Å²) < 4.78 is 23.8. The number of rotatable bonds is 8. The number of hydrogen-bond acceptors (Lipinski definition) is 4. The number of esters is 1. The number of ether oxygens (including phenoxy) is 2. The number of carbonyl (C=O) groups is 2. The summed E-state index contributed by atoms with van der Waals surface area (Å²) in [5.74, 6) is -0.707. The minimum Gasteiger partial charge on any atom is -0.489 e. The van der Waals surface area contributed by atoms with Crippen LogP contribution in [0.5, 0.6) is 5.75 Å². The monoisotopic (exact) mass is 407 g/mol. The van der Waals surface area contributed by atoms with E-state index in [1.807, 2.05) is 30.3 Å². The number of anilines is 1. The van der Waals surface area contributed by atoms with Crippen LogP contribution < -0.4 is 10.1 Å². The van der Waals surface area contributed by atoms with Gasteiger partial charge in [0.2, 0.25) is 0 Å². The van der Waals surface area contributed by atoms with E-state index in [-0.39, 0.29) is 12.2 Å². The largest absolute Gasteiger partial charge is 0.489 e. The Morgan fingerprint density at radius 1 is 0.900 bits per heavy atom. The molecule has 3 rings (SSSR count). The second-order valence-electron chi connectivity index (χ2n) is 6.72. The summed E-state index contributed by atoms with van der Waals surface area (Å²) in [5, 5.41) is 2.70. The van der Waals surface area contributed by atoms with Crippen LogP contribution in [0, 0.1) is 5.82 Å². The highest BCUT2D eigenvalue weighted by molar-refractivity contribution is 5.95. The van der Waals surface area contributed by atoms with Gasteiger partial charge in [-0.3, -0.25) is 9.59 Å². The Balaban J connectivity index is 1.46. The van der Waals surface area contributed by atoms with Crippen LogP contribution in [-0.2, 0) is 27.4 Å². The predicted molar refractivity (Wildman–Crippen MR) is 112 cm³/mol. The van der Waals surface area contributed by atoms with E-state index in [0.717, 1.165) is 5.56 Å². The fourth-order valence-corrected chi connectivity index (χ4v) is 2.68. The third-order valence-electron chi connectivity index (χ3n) is 4.31. The zero-order valence-electron chi connectivity index (χ0n) is 16.5. The fraction of sp³-hybridized carbons (Fsp3) is 0.167. The molecule has 0 aliphatic rings. The van der Waals surface area contributed by atoms with Crippen molar-refractivity contribution in [3.8, 4) is 5.75 Å². The van der Waals surface area contributed by atoms with E-state index >= 15 is 0 Å². The molecule has 1 unspecified atom stereocenters. The Kier molecular flexibility index (Phi) is 7.16. The first-order chi connectivity index (χ1) is 14.5. The molecule has 6 heteroatoms. The molecule has 0 saturated heterocycles. The minimum absolute atomic E-state index is 0.0364. The molecule has 1 N–H and O–H groups in total. The molecule has 5 nitrogen and oxygen atoms in total. The molecule has 0 saturated carbocycles. The lowest BCUT2D eigenvalue weighted by Gasteiger charge is -2.14. The van der Waals surface area contributed by atoms with Gasteiger partial charge in [-0.25, -0.2) is 4.39 Å². The Bertz CT molecular complexity index is 972. The van der Waals surface area contributed by atoms with Crippen molar-refractivity contribution >= 4 is 17.6 Å². The predicted octanol–water partition coefficient (Wildman–Crippen LogP) is 4.52. The zero-order valence-corrected chi connectivity index (χ0v) is 16.5. The third kappa shape index (κ3) is 6.44. The first-order valence-corrected chi connectivity index (χ1v) is 9.51. The van der Waals surface area contributed by atoms with Gasteiger partial charge in [0.25, 0.3) is 5.91 Å². The highest BCUT2D eigenvalue weighted by Gasteiger charge is 2.18. The average Bonchev–Trinajstić information content (AvgIpc) is 2.75. The highest BCUT2D eigenvalue weighted by Crippen LogP contribution is 2.17.